The lowest BCUT2D eigenvalue weighted by Gasteiger charge is -2.15. The van der Waals surface area contributed by atoms with E-state index >= 15 is 0 Å². The van der Waals surface area contributed by atoms with Crippen LogP contribution in [-0.4, -0.2) is 45.4 Å². The number of methoxy groups -OCH3 is 2. The van der Waals surface area contributed by atoms with Crippen LogP contribution < -0.4 is 9.47 Å². The van der Waals surface area contributed by atoms with Gasteiger partial charge < -0.3 is 19.7 Å². The first kappa shape index (κ1) is 14.8. The van der Waals surface area contributed by atoms with E-state index in [2.05, 4.69) is 10.3 Å². The first-order valence-corrected chi connectivity index (χ1v) is 6.08. The van der Waals surface area contributed by atoms with E-state index in [0.29, 0.717) is 17.1 Å². The van der Waals surface area contributed by atoms with E-state index in [0.717, 1.165) is 0 Å². The van der Waals surface area contributed by atoms with E-state index in [9.17, 15) is 9.90 Å². The van der Waals surface area contributed by atoms with Gasteiger partial charge in [-0.2, -0.15) is 0 Å². The Morgan fingerprint density at radius 3 is 2.71 bits per heavy atom. The Kier molecular flexibility index (Phi) is 4.39. The van der Waals surface area contributed by atoms with Gasteiger partial charge in [-0.15, -0.1) is 5.10 Å². The van der Waals surface area contributed by atoms with Crippen molar-refractivity contribution >= 4 is 5.97 Å². The third kappa shape index (κ3) is 3.29. The Labute approximate surface area is 120 Å². The van der Waals surface area contributed by atoms with Crippen LogP contribution in [0.25, 0.3) is 0 Å². The average Bonchev–Trinajstić information content (AvgIpc) is 2.95. The van der Waals surface area contributed by atoms with E-state index in [4.69, 9.17) is 14.6 Å². The largest absolute Gasteiger partial charge is 0.497 e. The Morgan fingerprint density at radius 1 is 1.38 bits per heavy atom. The van der Waals surface area contributed by atoms with Gasteiger partial charge in [0.25, 0.3) is 0 Å². The number of benzene rings is 1. The van der Waals surface area contributed by atoms with Gasteiger partial charge in [-0.1, -0.05) is 5.21 Å². The summed E-state index contributed by atoms with van der Waals surface area (Å²) < 4.78 is 11.6. The van der Waals surface area contributed by atoms with Crippen LogP contribution >= 0.6 is 0 Å². The fourth-order valence-corrected chi connectivity index (χ4v) is 1.86. The number of nitrogens with zero attached hydrogens (tertiary/aromatic N) is 3. The van der Waals surface area contributed by atoms with Crippen molar-refractivity contribution in [2.45, 2.75) is 12.6 Å². The van der Waals surface area contributed by atoms with Gasteiger partial charge in [-0.3, -0.25) is 0 Å². The summed E-state index contributed by atoms with van der Waals surface area (Å²) in [5.74, 6) is -0.0914. The van der Waals surface area contributed by atoms with Gasteiger partial charge in [0.15, 0.2) is 5.69 Å². The van der Waals surface area contributed by atoms with Crippen molar-refractivity contribution in [1.29, 1.82) is 0 Å². The molecule has 21 heavy (non-hydrogen) atoms. The van der Waals surface area contributed by atoms with Crippen LogP contribution in [-0.2, 0) is 6.54 Å². The van der Waals surface area contributed by atoms with Crippen molar-refractivity contribution in [2.75, 3.05) is 14.2 Å². The minimum Gasteiger partial charge on any atom is -0.497 e. The monoisotopic (exact) mass is 293 g/mol. The molecule has 0 radical (unpaired) electrons. The van der Waals surface area contributed by atoms with Crippen molar-refractivity contribution in [3.63, 3.8) is 0 Å². The molecule has 2 aromatic rings. The number of ether oxygens (including phenoxy) is 2. The van der Waals surface area contributed by atoms with Crippen LogP contribution in [0.1, 0.15) is 22.2 Å². The predicted molar refractivity (Wildman–Crippen MR) is 71.5 cm³/mol. The molecule has 0 aliphatic rings. The molecular formula is C13H15N3O5. The van der Waals surface area contributed by atoms with Crippen LogP contribution in [0.3, 0.4) is 0 Å². The smallest absolute Gasteiger partial charge is 0.358 e. The molecule has 8 nitrogen and oxygen atoms in total. The molecule has 0 fully saturated rings. The standard InChI is InChI=1S/C13H15N3O5/c1-20-8-3-4-12(21-2)9(5-8)11(17)7-16-6-10(13(18)19)14-15-16/h3-6,11,17H,7H2,1-2H3,(H,18,19). The molecule has 1 unspecified atom stereocenters. The minimum absolute atomic E-state index is 0.0454. The lowest BCUT2D eigenvalue weighted by atomic mass is 10.1. The van der Waals surface area contributed by atoms with E-state index in [1.54, 1.807) is 18.2 Å². The van der Waals surface area contributed by atoms with E-state index < -0.39 is 12.1 Å². The molecule has 0 bridgehead atoms. The topological polar surface area (TPSA) is 107 Å². The van der Waals surface area contributed by atoms with E-state index in [-0.39, 0.29) is 12.2 Å². The number of aliphatic hydroxyl groups excluding tert-OH is 1. The van der Waals surface area contributed by atoms with Gasteiger partial charge in [0.1, 0.15) is 17.6 Å². The number of carboxylic acids is 1. The summed E-state index contributed by atoms with van der Waals surface area (Å²) in [6.45, 7) is 0.0454. The quantitative estimate of drug-likeness (QED) is 0.808. The third-order valence-corrected chi connectivity index (χ3v) is 2.91. The Balaban J connectivity index is 2.22. The van der Waals surface area contributed by atoms with Crippen LogP contribution in [0, 0.1) is 0 Å². The molecule has 1 aromatic heterocycles. The molecule has 0 amide bonds. The Hall–Kier alpha value is -2.61. The summed E-state index contributed by atoms with van der Waals surface area (Å²) in [6.07, 6.45) is 0.302. The summed E-state index contributed by atoms with van der Waals surface area (Å²) in [6, 6.07) is 5.05. The second-order valence-electron chi connectivity index (χ2n) is 4.25. The number of aromatic carboxylic acids is 1. The highest BCUT2D eigenvalue weighted by Crippen LogP contribution is 2.30. The summed E-state index contributed by atoms with van der Waals surface area (Å²) in [7, 11) is 3.02. The van der Waals surface area contributed by atoms with Crippen molar-refractivity contribution in [3.8, 4) is 11.5 Å². The fourth-order valence-electron chi connectivity index (χ4n) is 1.86. The Bertz CT molecular complexity index is 640. The third-order valence-electron chi connectivity index (χ3n) is 2.91. The number of aromatic nitrogens is 3. The van der Waals surface area contributed by atoms with Crippen molar-refractivity contribution in [3.05, 3.63) is 35.7 Å². The molecule has 0 aliphatic carbocycles. The number of carboxylic acid groups (broad SMARTS) is 1. The SMILES string of the molecule is COc1ccc(OC)c(C(O)Cn2cc(C(=O)O)nn2)c1. The minimum atomic E-state index is -1.17. The molecule has 1 atom stereocenters. The molecule has 2 N–H and O–H groups in total. The number of carbonyl (C=O) groups is 1. The second kappa shape index (κ2) is 6.23. The summed E-state index contributed by atoms with van der Waals surface area (Å²) in [5.41, 5.74) is 0.337. The molecule has 1 heterocycles. The lowest BCUT2D eigenvalue weighted by Crippen LogP contribution is -2.10. The van der Waals surface area contributed by atoms with Crippen molar-refractivity contribution in [1.82, 2.24) is 15.0 Å². The fraction of sp³-hybridized carbons (Fsp3) is 0.308. The highest BCUT2D eigenvalue weighted by Gasteiger charge is 2.17. The maximum Gasteiger partial charge on any atom is 0.358 e. The zero-order chi connectivity index (χ0) is 15.4. The first-order chi connectivity index (χ1) is 10.0. The number of rotatable bonds is 6. The van der Waals surface area contributed by atoms with Gasteiger partial charge >= 0.3 is 5.97 Å². The van der Waals surface area contributed by atoms with Crippen molar-refractivity contribution < 1.29 is 24.5 Å². The molecule has 1 aromatic carbocycles. The average molecular weight is 293 g/mol. The van der Waals surface area contributed by atoms with Crippen LogP contribution in [0.2, 0.25) is 0 Å². The lowest BCUT2D eigenvalue weighted by molar-refractivity contribution is 0.0690. The maximum absolute atomic E-state index is 10.7. The summed E-state index contributed by atoms with van der Waals surface area (Å²) >= 11 is 0. The Morgan fingerprint density at radius 2 is 2.14 bits per heavy atom. The number of aliphatic hydroxyl groups is 1. The molecule has 2 rings (SSSR count). The summed E-state index contributed by atoms with van der Waals surface area (Å²) in [5, 5.41) is 26.2. The zero-order valence-corrected chi connectivity index (χ0v) is 11.6. The highest BCUT2D eigenvalue weighted by molar-refractivity contribution is 5.84. The van der Waals surface area contributed by atoms with Gasteiger partial charge in [-0.05, 0) is 18.2 Å². The predicted octanol–water partition coefficient (Wildman–Crippen LogP) is 0.727. The van der Waals surface area contributed by atoms with Crippen LogP contribution in [0.15, 0.2) is 24.4 Å². The second-order valence-corrected chi connectivity index (χ2v) is 4.25. The molecule has 8 heteroatoms. The first-order valence-electron chi connectivity index (χ1n) is 6.08. The molecule has 0 aliphatic heterocycles. The van der Waals surface area contributed by atoms with Crippen molar-refractivity contribution in [2.24, 2.45) is 0 Å². The molecule has 0 spiro atoms. The maximum atomic E-state index is 10.7. The molecule has 112 valence electrons. The van der Waals surface area contributed by atoms with E-state index in [1.807, 2.05) is 0 Å². The van der Waals surface area contributed by atoms with Gasteiger partial charge in [0.2, 0.25) is 0 Å². The number of hydrogen-bond acceptors (Lipinski definition) is 6. The number of hydrogen-bond donors (Lipinski definition) is 2. The van der Waals surface area contributed by atoms with Crippen LogP contribution in [0.4, 0.5) is 0 Å². The van der Waals surface area contributed by atoms with Gasteiger partial charge in [0.05, 0.1) is 27.0 Å². The zero-order valence-electron chi connectivity index (χ0n) is 11.6. The van der Waals surface area contributed by atoms with Gasteiger partial charge in [-0.25, -0.2) is 9.48 Å². The molecule has 0 saturated carbocycles. The summed E-state index contributed by atoms with van der Waals surface area (Å²) in [4.78, 5) is 10.7. The van der Waals surface area contributed by atoms with E-state index in [1.165, 1.54) is 25.1 Å². The highest BCUT2D eigenvalue weighted by atomic mass is 16.5. The normalized spacial score (nSPS) is 12.0. The molecular weight excluding hydrogens is 278 g/mol. The molecule has 0 saturated heterocycles. The van der Waals surface area contributed by atoms with Crippen LogP contribution in [0.5, 0.6) is 11.5 Å². The van der Waals surface area contributed by atoms with Gasteiger partial charge in [0, 0.05) is 5.56 Å².